The molecule has 2 aromatic rings. The molecule has 1 heterocycles. The van der Waals surface area contributed by atoms with Gasteiger partial charge in [0.15, 0.2) is 0 Å². The minimum absolute atomic E-state index is 0.247. The molecule has 0 unspecified atom stereocenters. The number of hydrogen-bond acceptors (Lipinski definition) is 3. The fourth-order valence-electron chi connectivity index (χ4n) is 1.81. The van der Waals surface area contributed by atoms with Gasteiger partial charge < -0.3 is 5.32 Å². The van der Waals surface area contributed by atoms with E-state index < -0.39 is 17.5 Å². The molecule has 0 aliphatic carbocycles. The lowest BCUT2D eigenvalue weighted by atomic mass is 10.2. The summed E-state index contributed by atoms with van der Waals surface area (Å²) in [4.78, 5) is 5.18. The second-order valence-corrected chi connectivity index (χ2v) is 5.10. The van der Waals surface area contributed by atoms with Crippen molar-refractivity contribution in [1.29, 1.82) is 0 Å². The molecule has 1 N–H and O–H groups in total. The van der Waals surface area contributed by atoms with E-state index in [0.29, 0.717) is 25.1 Å². The molecule has 1 aromatic carbocycles. The predicted octanol–water partition coefficient (Wildman–Crippen LogP) is 3.51. The van der Waals surface area contributed by atoms with E-state index in [1.54, 1.807) is 7.05 Å². The van der Waals surface area contributed by atoms with Gasteiger partial charge in [-0.3, -0.25) is 0 Å². The number of halogens is 3. The molecular weight excluding hydrogens is 273 g/mol. The number of nitrogens with one attached hydrogen (secondary N) is 1. The maximum atomic E-state index is 13.7. The molecule has 0 amide bonds. The molecule has 0 spiro atoms. The number of benzene rings is 1. The SMILES string of the molecule is CCc1nc(-c2c(F)cc(F)cc2F)sc1CNC. The van der Waals surface area contributed by atoms with Crippen LogP contribution in [0, 0.1) is 17.5 Å². The Labute approximate surface area is 113 Å². The minimum Gasteiger partial charge on any atom is -0.315 e. The average Bonchev–Trinajstić information content (AvgIpc) is 2.71. The lowest BCUT2D eigenvalue weighted by Gasteiger charge is -2.01. The molecule has 19 heavy (non-hydrogen) atoms. The van der Waals surface area contributed by atoms with Gasteiger partial charge in [0.1, 0.15) is 22.5 Å². The van der Waals surface area contributed by atoms with Gasteiger partial charge in [-0.15, -0.1) is 11.3 Å². The summed E-state index contributed by atoms with van der Waals surface area (Å²) in [6, 6.07) is 1.34. The van der Waals surface area contributed by atoms with Gasteiger partial charge >= 0.3 is 0 Å². The van der Waals surface area contributed by atoms with E-state index in [0.717, 1.165) is 10.6 Å². The van der Waals surface area contributed by atoms with Gasteiger partial charge in [0.25, 0.3) is 0 Å². The quantitative estimate of drug-likeness (QED) is 0.930. The van der Waals surface area contributed by atoms with Gasteiger partial charge in [0, 0.05) is 23.6 Å². The van der Waals surface area contributed by atoms with E-state index in [1.165, 1.54) is 11.3 Å². The van der Waals surface area contributed by atoms with E-state index in [-0.39, 0.29) is 10.6 Å². The van der Waals surface area contributed by atoms with E-state index in [2.05, 4.69) is 10.3 Å². The molecule has 0 aliphatic heterocycles. The third kappa shape index (κ3) is 2.79. The Bertz CT molecular complexity index is 573. The normalized spacial score (nSPS) is 11.0. The van der Waals surface area contributed by atoms with Crippen molar-refractivity contribution in [3.63, 3.8) is 0 Å². The summed E-state index contributed by atoms with van der Waals surface area (Å²) in [7, 11) is 1.79. The van der Waals surface area contributed by atoms with E-state index in [9.17, 15) is 13.2 Å². The van der Waals surface area contributed by atoms with Gasteiger partial charge in [-0.1, -0.05) is 6.92 Å². The third-order valence-electron chi connectivity index (χ3n) is 2.67. The highest BCUT2D eigenvalue weighted by molar-refractivity contribution is 7.15. The van der Waals surface area contributed by atoms with Crippen molar-refractivity contribution in [2.45, 2.75) is 19.9 Å². The Morgan fingerprint density at radius 3 is 2.37 bits per heavy atom. The Kier molecular flexibility index (Phi) is 4.21. The second kappa shape index (κ2) is 5.71. The molecule has 0 fully saturated rings. The van der Waals surface area contributed by atoms with Gasteiger partial charge in [0.2, 0.25) is 0 Å². The van der Waals surface area contributed by atoms with Crippen LogP contribution >= 0.6 is 11.3 Å². The first-order valence-electron chi connectivity index (χ1n) is 5.84. The predicted molar refractivity (Wildman–Crippen MR) is 69.6 cm³/mol. The smallest absolute Gasteiger partial charge is 0.139 e. The van der Waals surface area contributed by atoms with Crippen LogP contribution in [0.5, 0.6) is 0 Å². The molecule has 2 rings (SSSR count). The van der Waals surface area contributed by atoms with Crippen LogP contribution < -0.4 is 5.32 Å². The van der Waals surface area contributed by atoms with E-state index in [4.69, 9.17) is 0 Å². The number of aryl methyl sites for hydroxylation is 1. The highest BCUT2D eigenvalue weighted by Gasteiger charge is 2.19. The zero-order chi connectivity index (χ0) is 14.0. The van der Waals surface area contributed by atoms with Gasteiger partial charge in [-0.05, 0) is 13.5 Å². The summed E-state index contributed by atoms with van der Waals surface area (Å²) >= 11 is 1.22. The Morgan fingerprint density at radius 1 is 1.21 bits per heavy atom. The van der Waals surface area contributed by atoms with E-state index in [1.807, 2.05) is 6.92 Å². The van der Waals surface area contributed by atoms with Crippen LogP contribution in [0.15, 0.2) is 12.1 Å². The van der Waals surface area contributed by atoms with Crippen molar-refractivity contribution < 1.29 is 13.2 Å². The Morgan fingerprint density at radius 2 is 1.84 bits per heavy atom. The van der Waals surface area contributed by atoms with Crippen molar-refractivity contribution in [1.82, 2.24) is 10.3 Å². The van der Waals surface area contributed by atoms with Crippen molar-refractivity contribution in [2.24, 2.45) is 0 Å². The third-order valence-corrected chi connectivity index (χ3v) is 3.79. The summed E-state index contributed by atoms with van der Waals surface area (Å²) in [6.07, 6.45) is 0.679. The molecule has 6 heteroatoms. The second-order valence-electron chi connectivity index (χ2n) is 4.02. The van der Waals surface area contributed by atoms with Crippen LogP contribution in [0.25, 0.3) is 10.6 Å². The Hall–Kier alpha value is -1.40. The largest absolute Gasteiger partial charge is 0.315 e. The highest BCUT2D eigenvalue weighted by atomic mass is 32.1. The van der Waals surface area contributed by atoms with Crippen LogP contribution in [0.3, 0.4) is 0 Å². The van der Waals surface area contributed by atoms with Crippen LogP contribution in [0.2, 0.25) is 0 Å². The fraction of sp³-hybridized carbons (Fsp3) is 0.308. The van der Waals surface area contributed by atoms with Crippen molar-refractivity contribution in [3.8, 4) is 10.6 Å². The van der Waals surface area contributed by atoms with Crippen LogP contribution in [-0.4, -0.2) is 12.0 Å². The first kappa shape index (κ1) is 14.0. The topological polar surface area (TPSA) is 24.9 Å². The summed E-state index contributed by atoms with van der Waals surface area (Å²) in [6.45, 7) is 2.51. The fourth-order valence-corrected chi connectivity index (χ4v) is 3.02. The molecule has 0 saturated heterocycles. The summed E-state index contributed by atoms with van der Waals surface area (Å²) < 4.78 is 40.3. The first-order chi connectivity index (χ1) is 9.06. The molecule has 0 bridgehead atoms. The monoisotopic (exact) mass is 286 g/mol. The zero-order valence-corrected chi connectivity index (χ0v) is 11.4. The molecule has 0 radical (unpaired) electrons. The number of hydrogen-bond donors (Lipinski definition) is 1. The highest BCUT2D eigenvalue weighted by Crippen LogP contribution is 2.32. The minimum atomic E-state index is -0.929. The van der Waals surface area contributed by atoms with Crippen molar-refractivity contribution in [3.05, 3.63) is 40.2 Å². The number of aromatic nitrogens is 1. The first-order valence-corrected chi connectivity index (χ1v) is 6.66. The molecule has 1 aromatic heterocycles. The molecule has 102 valence electrons. The number of rotatable bonds is 4. The van der Waals surface area contributed by atoms with Gasteiger partial charge in [-0.25, -0.2) is 18.2 Å². The van der Waals surface area contributed by atoms with Crippen LogP contribution in [0.4, 0.5) is 13.2 Å². The molecular formula is C13H13F3N2S. The molecule has 0 saturated carbocycles. The van der Waals surface area contributed by atoms with Crippen molar-refractivity contribution in [2.75, 3.05) is 7.05 Å². The number of nitrogens with zero attached hydrogens (tertiary/aromatic N) is 1. The van der Waals surface area contributed by atoms with Crippen LogP contribution in [-0.2, 0) is 13.0 Å². The van der Waals surface area contributed by atoms with Crippen LogP contribution in [0.1, 0.15) is 17.5 Å². The summed E-state index contributed by atoms with van der Waals surface area (Å²) in [5.74, 6) is -2.78. The summed E-state index contributed by atoms with van der Waals surface area (Å²) in [5, 5.41) is 3.23. The van der Waals surface area contributed by atoms with Crippen molar-refractivity contribution >= 4 is 11.3 Å². The standard InChI is InChI=1S/C13H13F3N2S/c1-3-10-11(6-17-2)19-13(18-10)12-8(15)4-7(14)5-9(12)16/h4-5,17H,3,6H2,1-2H3. The maximum Gasteiger partial charge on any atom is 0.139 e. The maximum absolute atomic E-state index is 13.7. The average molecular weight is 286 g/mol. The lowest BCUT2D eigenvalue weighted by molar-refractivity contribution is 0.548. The van der Waals surface area contributed by atoms with E-state index >= 15 is 0 Å². The molecule has 0 atom stereocenters. The summed E-state index contributed by atoms with van der Waals surface area (Å²) in [5.41, 5.74) is 0.543. The zero-order valence-electron chi connectivity index (χ0n) is 10.6. The van der Waals surface area contributed by atoms with Gasteiger partial charge in [-0.2, -0.15) is 0 Å². The van der Waals surface area contributed by atoms with Gasteiger partial charge in [0.05, 0.1) is 11.3 Å². The molecule has 2 nitrogen and oxygen atoms in total. The molecule has 0 aliphatic rings. The lowest BCUT2D eigenvalue weighted by Crippen LogP contribution is -2.05. The Balaban J connectivity index is 2.53. The number of thiazole rings is 1.